The van der Waals surface area contributed by atoms with Crippen molar-refractivity contribution >= 4 is 5.69 Å². The number of nitrogens with two attached hydrogens (primary N) is 1. The number of fused-ring (bicyclic) bond motifs is 1. The lowest BCUT2D eigenvalue weighted by molar-refractivity contribution is -0.385. The summed E-state index contributed by atoms with van der Waals surface area (Å²) in [7, 11) is 0. The Hall–Kier alpha value is -4.32. The number of nitrogens with zero attached hydrogens (tertiary/aromatic N) is 3. The largest absolute Gasteiger partial charge is 0.494 e. The van der Waals surface area contributed by atoms with E-state index in [-0.39, 0.29) is 23.0 Å². The maximum Gasteiger partial charge on any atom is 0.273 e. The number of nitrogens with one attached hydrogen (secondary N) is 1. The van der Waals surface area contributed by atoms with Gasteiger partial charge in [-0.05, 0) is 30.7 Å². The molecular weight excluding hydrogens is 398 g/mol. The summed E-state index contributed by atoms with van der Waals surface area (Å²) in [6.45, 7) is 2.64. The van der Waals surface area contributed by atoms with Crippen LogP contribution in [0.25, 0.3) is 11.3 Å². The highest BCUT2D eigenvalue weighted by atomic mass is 16.6. The predicted octanol–water partition coefficient (Wildman–Crippen LogP) is 3.99. The van der Waals surface area contributed by atoms with E-state index in [4.69, 9.17) is 15.2 Å². The molecule has 1 atom stereocenters. The van der Waals surface area contributed by atoms with E-state index in [1.165, 1.54) is 6.07 Å². The number of para-hydroxylation sites is 1. The number of aromatic nitrogens is 2. The fraction of sp³-hybridized carbons (Fsp3) is 0.182. The van der Waals surface area contributed by atoms with Gasteiger partial charge in [-0.15, -0.1) is 5.10 Å². The molecule has 0 fully saturated rings. The zero-order valence-corrected chi connectivity index (χ0v) is 16.7. The Morgan fingerprint density at radius 3 is 2.71 bits per heavy atom. The number of nitriles is 1. The highest BCUT2D eigenvalue weighted by molar-refractivity contribution is 5.72. The van der Waals surface area contributed by atoms with E-state index >= 15 is 0 Å². The molecule has 0 spiro atoms. The number of aromatic amines is 1. The molecule has 0 bridgehead atoms. The molecule has 0 radical (unpaired) electrons. The first-order valence-electron chi connectivity index (χ1n) is 9.67. The van der Waals surface area contributed by atoms with Crippen molar-refractivity contribution in [2.24, 2.45) is 5.73 Å². The van der Waals surface area contributed by atoms with Gasteiger partial charge >= 0.3 is 0 Å². The lowest BCUT2D eigenvalue weighted by Gasteiger charge is -2.24. The van der Waals surface area contributed by atoms with Crippen molar-refractivity contribution in [2.45, 2.75) is 19.3 Å². The molecule has 9 heteroatoms. The molecule has 1 aliphatic rings. The van der Waals surface area contributed by atoms with E-state index in [1.807, 2.05) is 31.2 Å². The molecule has 0 saturated heterocycles. The van der Waals surface area contributed by atoms with Gasteiger partial charge in [0.2, 0.25) is 11.8 Å². The van der Waals surface area contributed by atoms with Crippen molar-refractivity contribution in [2.75, 3.05) is 6.61 Å². The molecule has 9 nitrogen and oxygen atoms in total. The summed E-state index contributed by atoms with van der Waals surface area (Å²) in [5, 5.41) is 28.6. The number of nitro groups is 1. The number of benzene rings is 2. The second-order valence-electron chi connectivity index (χ2n) is 6.93. The SMILES string of the molecule is CCCOc1ccc(-c2[nH]nc3c2C(c2ccccc2[N+](=O)[O-])C(C#N)=C(N)O3)cc1. The first-order chi connectivity index (χ1) is 15.0. The summed E-state index contributed by atoms with van der Waals surface area (Å²) in [5.41, 5.74) is 8.14. The van der Waals surface area contributed by atoms with Crippen LogP contribution in [0.2, 0.25) is 0 Å². The van der Waals surface area contributed by atoms with Crippen LogP contribution in [0.4, 0.5) is 5.69 Å². The Morgan fingerprint density at radius 2 is 2.03 bits per heavy atom. The van der Waals surface area contributed by atoms with Gasteiger partial charge in [-0.2, -0.15) is 5.26 Å². The Kier molecular flexibility index (Phi) is 5.28. The zero-order chi connectivity index (χ0) is 22.0. The summed E-state index contributed by atoms with van der Waals surface area (Å²) >= 11 is 0. The summed E-state index contributed by atoms with van der Waals surface area (Å²) in [4.78, 5) is 11.2. The molecule has 3 aromatic rings. The minimum atomic E-state index is -0.805. The highest BCUT2D eigenvalue weighted by Gasteiger charge is 2.38. The van der Waals surface area contributed by atoms with E-state index in [9.17, 15) is 15.4 Å². The molecule has 1 aromatic heterocycles. The summed E-state index contributed by atoms with van der Waals surface area (Å²) in [6, 6.07) is 15.7. The van der Waals surface area contributed by atoms with Crippen molar-refractivity contribution < 1.29 is 14.4 Å². The van der Waals surface area contributed by atoms with Gasteiger partial charge < -0.3 is 15.2 Å². The molecule has 2 aromatic carbocycles. The minimum absolute atomic E-state index is 0.0901. The predicted molar refractivity (Wildman–Crippen MR) is 112 cm³/mol. The van der Waals surface area contributed by atoms with Crippen LogP contribution in [0.3, 0.4) is 0 Å². The van der Waals surface area contributed by atoms with E-state index in [0.29, 0.717) is 23.4 Å². The van der Waals surface area contributed by atoms with Crippen LogP contribution >= 0.6 is 0 Å². The number of H-pyrrole nitrogens is 1. The summed E-state index contributed by atoms with van der Waals surface area (Å²) in [5.74, 6) is -0.0204. The highest BCUT2D eigenvalue weighted by Crippen LogP contribution is 2.47. The average molecular weight is 417 g/mol. The third kappa shape index (κ3) is 3.55. The smallest absolute Gasteiger partial charge is 0.273 e. The van der Waals surface area contributed by atoms with Crippen LogP contribution in [-0.2, 0) is 0 Å². The quantitative estimate of drug-likeness (QED) is 0.456. The Bertz CT molecular complexity index is 1210. The fourth-order valence-corrected chi connectivity index (χ4v) is 3.61. The second-order valence-corrected chi connectivity index (χ2v) is 6.93. The van der Waals surface area contributed by atoms with Crippen molar-refractivity contribution in [1.82, 2.24) is 10.2 Å². The lowest BCUT2D eigenvalue weighted by Crippen LogP contribution is -2.21. The van der Waals surface area contributed by atoms with Gasteiger partial charge in [0.25, 0.3) is 5.69 Å². The van der Waals surface area contributed by atoms with Gasteiger partial charge in [0.05, 0.1) is 28.7 Å². The maximum atomic E-state index is 11.7. The normalized spacial score (nSPS) is 15.0. The third-order valence-electron chi connectivity index (χ3n) is 5.00. The molecule has 0 saturated carbocycles. The first kappa shape index (κ1) is 20.0. The zero-order valence-electron chi connectivity index (χ0n) is 16.7. The fourth-order valence-electron chi connectivity index (χ4n) is 3.61. The molecule has 2 heterocycles. The van der Waals surface area contributed by atoms with Crippen LogP contribution < -0.4 is 15.2 Å². The number of rotatable bonds is 6. The monoisotopic (exact) mass is 417 g/mol. The van der Waals surface area contributed by atoms with E-state index in [1.54, 1.807) is 18.2 Å². The van der Waals surface area contributed by atoms with E-state index < -0.39 is 10.8 Å². The molecule has 31 heavy (non-hydrogen) atoms. The minimum Gasteiger partial charge on any atom is -0.494 e. The van der Waals surface area contributed by atoms with Crippen molar-refractivity contribution in [3.05, 3.63) is 81.2 Å². The van der Waals surface area contributed by atoms with Crippen molar-refractivity contribution in [1.29, 1.82) is 5.26 Å². The number of nitro benzene ring substituents is 1. The molecule has 1 aliphatic heterocycles. The van der Waals surface area contributed by atoms with Crippen LogP contribution in [0.5, 0.6) is 11.6 Å². The van der Waals surface area contributed by atoms with Gasteiger partial charge in [0.1, 0.15) is 17.4 Å². The summed E-state index contributed by atoms with van der Waals surface area (Å²) < 4.78 is 11.2. The van der Waals surface area contributed by atoms with Gasteiger partial charge in [-0.25, -0.2) is 0 Å². The second kappa shape index (κ2) is 8.20. The van der Waals surface area contributed by atoms with E-state index in [2.05, 4.69) is 16.3 Å². The van der Waals surface area contributed by atoms with Gasteiger partial charge in [-0.1, -0.05) is 25.1 Å². The number of allylic oxidation sites excluding steroid dienone is 1. The maximum absolute atomic E-state index is 11.7. The Labute approximate surface area is 177 Å². The molecule has 156 valence electrons. The molecular formula is C22H19N5O4. The molecule has 0 aliphatic carbocycles. The standard InChI is InChI=1S/C22H19N5O4/c1-2-11-30-14-9-7-13(8-10-14)20-19-18(15-5-3-4-6-17(15)27(28)29)16(12-23)21(24)31-22(19)26-25-20/h3-10,18H,2,11,24H2,1H3,(H,25,26). The topological polar surface area (TPSA) is 140 Å². The number of hydrogen-bond acceptors (Lipinski definition) is 7. The average Bonchev–Trinajstić information content (AvgIpc) is 3.20. The van der Waals surface area contributed by atoms with E-state index in [0.717, 1.165) is 17.7 Å². The molecule has 1 unspecified atom stereocenters. The Morgan fingerprint density at radius 1 is 1.29 bits per heavy atom. The van der Waals surface area contributed by atoms with Gasteiger partial charge in [-0.3, -0.25) is 15.2 Å². The molecule has 0 amide bonds. The molecule has 3 N–H and O–H groups in total. The van der Waals surface area contributed by atoms with Gasteiger partial charge in [0, 0.05) is 17.2 Å². The van der Waals surface area contributed by atoms with Crippen LogP contribution in [-0.4, -0.2) is 21.7 Å². The number of hydrogen-bond donors (Lipinski definition) is 2. The molecule has 4 rings (SSSR count). The van der Waals surface area contributed by atoms with Crippen LogP contribution in [0.1, 0.15) is 30.4 Å². The first-order valence-corrected chi connectivity index (χ1v) is 9.67. The Balaban J connectivity index is 1.87. The summed E-state index contributed by atoms with van der Waals surface area (Å²) in [6.07, 6.45) is 0.898. The van der Waals surface area contributed by atoms with Crippen LogP contribution in [0, 0.1) is 21.4 Å². The van der Waals surface area contributed by atoms with Crippen LogP contribution in [0.15, 0.2) is 60.0 Å². The van der Waals surface area contributed by atoms with Gasteiger partial charge in [0.15, 0.2) is 0 Å². The lowest BCUT2D eigenvalue weighted by atomic mass is 9.82. The third-order valence-corrected chi connectivity index (χ3v) is 5.00. The van der Waals surface area contributed by atoms with Crippen molar-refractivity contribution in [3.8, 4) is 29.0 Å². The van der Waals surface area contributed by atoms with Crippen molar-refractivity contribution in [3.63, 3.8) is 0 Å². The number of ether oxygens (including phenoxy) is 2.